The summed E-state index contributed by atoms with van der Waals surface area (Å²) < 4.78 is 7.62. The van der Waals surface area contributed by atoms with E-state index in [1.807, 2.05) is 0 Å². The summed E-state index contributed by atoms with van der Waals surface area (Å²) in [4.78, 5) is 26.5. The number of hydrogen-bond acceptors (Lipinski definition) is 4. The van der Waals surface area contributed by atoms with Crippen molar-refractivity contribution in [2.24, 2.45) is 17.8 Å². The maximum Gasteiger partial charge on any atom is 0.326 e. The summed E-state index contributed by atoms with van der Waals surface area (Å²) in [6.45, 7) is 9.71. The molecule has 1 unspecified atom stereocenters. The molecule has 0 aliphatic rings. The molecule has 0 saturated heterocycles. The number of nitrogens with one attached hydrogen (secondary N) is 1. The maximum absolute atomic E-state index is 12.2. The minimum atomic E-state index is -0.138. The number of H-pyrrole nitrogens is 1. The molecule has 1 heterocycles. The lowest BCUT2D eigenvalue weighted by Crippen LogP contribution is -2.24. The first kappa shape index (κ1) is 23.6. The molecule has 1 aromatic rings. The third kappa shape index (κ3) is 9.89. The van der Waals surface area contributed by atoms with Crippen LogP contribution < -0.4 is 5.69 Å². The SMILES string of the molecule is CC(C)CC(C(=O)OCCCCCCCCn1ccc(=S)[nH]c1=O)C(C)C. The van der Waals surface area contributed by atoms with Gasteiger partial charge in [0.1, 0.15) is 4.64 Å². The first-order valence-electron chi connectivity index (χ1n) is 10.3. The van der Waals surface area contributed by atoms with E-state index in [0.29, 0.717) is 23.1 Å². The zero-order chi connectivity index (χ0) is 20.2. The number of aryl methyl sites for hydroxylation is 1. The molecular formula is C21H36N2O3S. The van der Waals surface area contributed by atoms with Gasteiger partial charge in [0.25, 0.3) is 0 Å². The highest BCUT2D eigenvalue weighted by Gasteiger charge is 2.24. The Morgan fingerprint density at radius 2 is 1.74 bits per heavy atom. The summed E-state index contributed by atoms with van der Waals surface area (Å²) in [6.07, 6.45) is 8.97. The van der Waals surface area contributed by atoms with Gasteiger partial charge in [0.15, 0.2) is 0 Å². The standard InChI is InChI=1S/C21H36N2O3S/c1-16(2)15-18(17(3)4)20(24)26-14-10-8-6-5-7-9-12-23-13-11-19(27)22-21(23)25/h11,13,16-18H,5-10,12,14-15H2,1-4H3,(H,22,25,27). The van der Waals surface area contributed by atoms with E-state index in [-0.39, 0.29) is 17.6 Å². The largest absolute Gasteiger partial charge is 0.465 e. The predicted molar refractivity (Wildman–Crippen MR) is 112 cm³/mol. The van der Waals surface area contributed by atoms with Crippen molar-refractivity contribution in [1.29, 1.82) is 0 Å². The van der Waals surface area contributed by atoms with E-state index < -0.39 is 0 Å². The van der Waals surface area contributed by atoms with Crippen LogP contribution in [0.1, 0.15) is 72.6 Å². The fraction of sp³-hybridized carbons (Fsp3) is 0.762. The van der Waals surface area contributed by atoms with Gasteiger partial charge in [-0.2, -0.15) is 0 Å². The van der Waals surface area contributed by atoms with Gasteiger partial charge < -0.3 is 9.30 Å². The minimum Gasteiger partial charge on any atom is -0.465 e. The van der Waals surface area contributed by atoms with Crippen LogP contribution in [0.2, 0.25) is 0 Å². The zero-order valence-electron chi connectivity index (χ0n) is 17.3. The molecule has 0 amide bonds. The van der Waals surface area contributed by atoms with Gasteiger partial charge in [-0.25, -0.2) is 4.79 Å². The molecule has 1 aromatic heterocycles. The predicted octanol–water partition coefficient (Wildman–Crippen LogP) is 5.11. The van der Waals surface area contributed by atoms with Crippen molar-refractivity contribution >= 4 is 18.2 Å². The number of aromatic nitrogens is 2. The number of unbranched alkanes of at least 4 members (excludes halogenated alkanes) is 5. The number of rotatable bonds is 13. The lowest BCUT2D eigenvalue weighted by molar-refractivity contribution is -0.151. The van der Waals surface area contributed by atoms with Crippen molar-refractivity contribution in [2.75, 3.05) is 6.61 Å². The molecule has 0 aliphatic carbocycles. The number of hydrogen-bond donors (Lipinski definition) is 1. The van der Waals surface area contributed by atoms with E-state index in [1.165, 1.54) is 0 Å². The van der Waals surface area contributed by atoms with Gasteiger partial charge in [0.05, 0.1) is 12.5 Å². The Hall–Kier alpha value is -1.43. The van der Waals surface area contributed by atoms with Gasteiger partial charge in [-0.1, -0.05) is 65.6 Å². The lowest BCUT2D eigenvalue weighted by atomic mass is 9.88. The highest BCUT2D eigenvalue weighted by atomic mass is 32.1. The molecule has 154 valence electrons. The quantitative estimate of drug-likeness (QED) is 0.286. The first-order chi connectivity index (χ1) is 12.8. The summed E-state index contributed by atoms with van der Waals surface area (Å²) in [7, 11) is 0. The average Bonchev–Trinajstić information content (AvgIpc) is 2.59. The summed E-state index contributed by atoms with van der Waals surface area (Å²) >= 11 is 4.92. The molecule has 1 rings (SSSR count). The van der Waals surface area contributed by atoms with Crippen molar-refractivity contribution in [3.8, 4) is 0 Å². The third-order valence-corrected chi connectivity index (χ3v) is 5.01. The number of carbonyl (C=O) groups excluding carboxylic acids is 1. The van der Waals surface area contributed by atoms with Crippen LogP contribution in [0.3, 0.4) is 0 Å². The Kier molecular flexibility index (Phi) is 11.3. The van der Waals surface area contributed by atoms with Crippen LogP contribution in [-0.2, 0) is 16.1 Å². The summed E-state index contributed by atoms with van der Waals surface area (Å²) in [6, 6.07) is 1.74. The molecule has 0 bridgehead atoms. The molecule has 0 fully saturated rings. The van der Waals surface area contributed by atoms with Crippen molar-refractivity contribution < 1.29 is 9.53 Å². The molecule has 0 saturated carbocycles. The average molecular weight is 397 g/mol. The van der Waals surface area contributed by atoms with Gasteiger partial charge >= 0.3 is 11.7 Å². The molecule has 0 radical (unpaired) electrons. The van der Waals surface area contributed by atoms with Crippen LogP contribution in [0.25, 0.3) is 0 Å². The number of ether oxygens (including phenoxy) is 1. The third-order valence-electron chi connectivity index (χ3n) is 4.77. The molecule has 0 aliphatic heterocycles. The monoisotopic (exact) mass is 396 g/mol. The lowest BCUT2D eigenvalue weighted by Gasteiger charge is -2.21. The number of esters is 1. The second kappa shape index (κ2) is 12.9. The van der Waals surface area contributed by atoms with Crippen molar-refractivity contribution in [1.82, 2.24) is 9.55 Å². The van der Waals surface area contributed by atoms with Crippen LogP contribution in [0.15, 0.2) is 17.1 Å². The molecule has 1 N–H and O–H groups in total. The van der Waals surface area contributed by atoms with Crippen molar-refractivity contribution in [3.05, 3.63) is 27.4 Å². The molecule has 0 aromatic carbocycles. The smallest absolute Gasteiger partial charge is 0.326 e. The highest BCUT2D eigenvalue weighted by Crippen LogP contribution is 2.21. The van der Waals surface area contributed by atoms with Crippen LogP contribution in [-0.4, -0.2) is 22.1 Å². The normalized spacial score (nSPS) is 12.5. The summed E-state index contributed by atoms with van der Waals surface area (Å²) in [5, 5.41) is 0. The first-order valence-corrected chi connectivity index (χ1v) is 10.7. The molecule has 1 atom stereocenters. The Balaban J connectivity index is 2.09. The molecule has 0 spiro atoms. The van der Waals surface area contributed by atoms with E-state index in [2.05, 4.69) is 32.7 Å². The summed E-state index contributed by atoms with van der Waals surface area (Å²) in [5.41, 5.74) is -0.138. The second-order valence-corrected chi connectivity index (χ2v) is 8.51. The molecule has 6 heteroatoms. The van der Waals surface area contributed by atoms with E-state index >= 15 is 0 Å². The van der Waals surface area contributed by atoms with Crippen LogP contribution >= 0.6 is 12.2 Å². The number of nitrogens with zero attached hydrogens (tertiary/aromatic N) is 1. The topological polar surface area (TPSA) is 64.1 Å². The number of aromatic amines is 1. The maximum atomic E-state index is 12.2. The Bertz CT molecular complexity index is 664. The van der Waals surface area contributed by atoms with Crippen molar-refractivity contribution in [3.63, 3.8) is 0 Å². The van der Waals surface area contributed by atoms with E-state index in [0.717, 1.165) is 51.5 Å². The number of carbonyl (C=O) groups is 1. The van der Waals surface area contributed by atoms with Gasteiger partial charge in [-0.15, -0.1) is 0 Å². The summed E-state index contributed by atoms with van der Waals surface area (Å²) in [5.74, 6) is 0.812. The second-order valence-electron chi connectivity index (χ2n) is 8.07. The van der Waals surface area contributed by atoms with Gasteiger partial charge in [-0.05, 0) is 37.2 Å². The van der Waals surface area contributed by atoms with Crippen LogP contribution in [0.4, 0.5) is 0 Å². The van der Waals surface area contributed by atoms with E-state index in [1.54, 1.807) is 16.8 Å². The molecule has 5 nitrogen and oxygen atoms in total. The fourth-order valence-electron chi connectivity index (χ4n) is 3.14. The van der Waals surface area contributed by atoms with Crippen molar-refractivity contribution in [2.45, 2.75) is 79.2 Å². The molecular weight excluding hydrogens is 360 g/mol. The van der Waals surface area contributed by atoms with Gasteiger partial charge in [0.2, 0.25) is 0 Å². The zero-order valence-corrected chi connectivity index (χ0v) is 18.1. The molecule has 27 heavy (non-hydrogen) atoms. The Labute approximate surface area is 168 Å². The fourth-order valence-corrected chi connectivity index (χ4v) is 3.29. The minimum absolute atomic E-state index is 0.0143. The Morgan fingerprint density at radius 1 is 1.11 bits per heavy atom. The highest BCUT2D eigenvalue weighted by molar-refractivity contribution is 7.71. The van der Waals surface area contributed by atoms with Crippen LogP contribution in [0.5, 0.6) is 0 Å². The van der Waals surface area contributed by atoms with Gasteiger partial charge in [0, 0.05) is 12.7 Å². The van der Waals surface area contributed by atoms with Gasteiger partial charge in [-0.3, -0.25) is 9.78 Å². The van der Waals surface area contributed by atoms with E-state index in [4.69, 9.17) is 17.0 Å². The van der Waals surface area contributed by atoms with E-state index in [9.17, 15) is 9.59 Å². The van der Waals surface area contributed by atoms with Crippen LogP contribution in [0, 0.1) is 22.4 Å². The Morgan fingerprint density at radius 3 is 2.33 bits per heavy atom.